The van der Waals surface area contributed by atoms with E-state index in [-0.39, 0.29) is 11.7 Å². The van der Waals surface area contributed by atoms with Crippen LogP contribution in [-0.4, -0.2) is 34.9 Å². The van der Waals surface area contributed by atoms with Gasteiger partial charge in [-0.05, 0) is 38.0 Å². The molecule has 5 heteroatoms. The Bertz CT molecular complexity index is 338. The summed E-state index contributed by atoms with van der Waals surface area (Å²) in [6.07, 6.45) is 7.56. The van der Waals surface area contributed by atoms with E-state index in [9.17, 15) is 4.79 Å². The molecule has 0 aromatic heterocycles. The van der Waals surface area contributed by atoms with Crippen LogP contribution in [-0.2, 0) is 4.79 Å². The molecule has 1 saturated heterocycles. The third-order valence-electron chi connectivity index (χ3n) is 4.73. The zero-order chi connectivity index (χ0) is 13.2. The molecule has 1 spiro atoms. The number of amidine groups is 1. The van der Waals surface area contributed by atoms with E-state index in [0.717, 1.165) is 25.9 Å². The Morgan fingerprint density at radius 3 is 2.33 bits per heavy atom. The first-order chi connectivity index (χ1) is 8.58. The van der Waals surface area contributed by atoms with Gasteiger partial charge >= 0.3 is 0 Å². The van der Waals surface area contributed by atoms with Crippen molar-refractivity contribution in [3.8, 4) is 0 Å². The molecule has 2 rings (SSSR count). The fourth-order valence-electron chi connectivity index (χ4n) is 3.31. The van der Waals surface area contributed by atoms with Crippen LogP contribution in [0.2, 0.25) is 0 Å². The summed E-state index contributed by atoms with van der Waals surface area (Å²) in [5.41, 5.74) is 6.00. The number of piperidine rings is 1. The Kier molecular flexibility index (Phi) is 3.78. The highest BCUT2D eigenvalue weighted by atomic mass is 16.4. The Morgan fingerprint density at radius 1 is 1.28 bits per heavy atom. The van der Waals surface area contributed by atoms with Gasteiger partial charge in [0, 0.05) is 13.1 Å². The minimum atomic E-state index is -0.521. The van der Waals surface area contributed by atoms with Gasteiger partial charge in [-0.2, -0.15) is 0 Å². The van der Waals surface area contributed by atoms with E-state index in [2.05, 4.69) is 5.16 Å². The minimum Gasteiger partial charge on any atom is -0.409 e. The number of amides is 1. The Labute approximate surface area is 108 Å². The summed E-state index contributed by atoms with van der Waals surface area (Å²) in [6.45, 7) is 3.33. The molecule has 1 aliphatic carbocycles. The fraction of sp³-hybridized carbons (Fsp3) is 0.846. The Morgan fingerprint density at radius 2 is 1.83 bits per heavy atom. The molecule has 1 amide bonds. The molecule has 1 heterocycles. The number of rotatable bonds is 2. The molecule has 1 saturated carbocycles. The number of carbonyl (C=O) groups is 1. The highest BCUT2D eigenvalue weighted by molar-refractivity contribution is 6.01. The number of nitrogens with two attached hydrogens (primary N) is 1. The van der Waals surface area contributed by atoms with Crippen LogP contribution < -0.4 is 5.73 Å². The zero-order valence-electron chi connectivity index (χ0n) is 11.1. The maximum Gasteiger partial charge on any atom is 0.233 e. The summed E-state index contributed by atoms with van der Waals surface area (Å²) in [5.74, 6) is -0.535. The first-order valence-corrected chi connectivity index (χ1v) is 6.84. The maximum absolute atomic E-state index is 12.2. The molecule has 0 radical (unpaired) electrons. The topological polar surface area (TPSA) is 78.9 Å². The zero-order valence-corrected chi connectivity index (χ0v) is 11.1. The summed E-state index contributed by atoms with van der Waals surface area (Å²) in [6, 6.07) is 0. The maximum atomic E-state index is 12.2. The van der Waals surface area contributed by atoms with Crippen molar-refractivity contribution in [2.75, 3.05) is 13.1 Å². The number of hydrogen-bond donors (Lipinski definition) is 2. The summed E-state index contributed by atoms with van der Waals surface area (Å²) in [5, 5.41) is 11.5. The number of oxime groups is 1. The van der Waals surface area contributed by atoms with Gasteiger partial charge in [0.05, 0.1) is 5.92 Å². The molecule has 1 unspecified atom stereocenters. The minimum absolute atomic E-state index is 0.00107. The highest BCUT2D eigenvalue weighted by Crippen LogP contribution is 2.46. The molecule has 2 aliphatic rings. The van der Waals surface area contributed by atoms with Crippen molar-refractivity contribution in [3.05, 3.63) is 0 Å². The number of likely N-dealkylation sites (tertiary alicyclic amines) is 1. The normalized spacial score (nSPS) is 25.4. The molecule has 5 nitrogen and oxygen atoms in total. The molecular weight excluding hydrogens is 230 g/mol. The van der Waals surface area contributed by atoms with E-state index in [1.54, 1.807) is 6.92 Å². The van der Waals surface area contributed by atoms with Gasteiger partial charge in [-0.15, -0.1) is 0 Å². The van der Waals surface area contributed by atoms with Crippen molar-refractivity contribution in [1.82, 2.24) is 4.90 Å². The lowest BCUT2D eigenvalue weighted by molar-refractivity contribution is -0.135. The van der Waals surface area contributed by atoms with Crippen LogP contribution in [0, 0.1) is 11.3 Å². The molecular formula is C13H23N3O2. The van der Waals surface area contributed by atoms with E-state index in [4.69, 9.17) is 10.9 Å². The summed E-state index contributed by atoms with van der Waals surface area (Å²) in [7, 11) is 0. The first-order valence-electron chi connectivity index (χ1n) is 6.84. The van der Waals surface area contributed by atoms with Crippen molar-refractivity contribution in [2.45, 2.75) is 45.4 Å². The van der Waals surface area contributed by atoms with E-state index in [0.29, 0.717) is 5.41 Å². The van der Waals surface area contributed by atoms with Gasteiger partial charge in [0.15, 0.2) is 5.84 Å². The highest BCUT2D eigenvalue weighted by Gasteiger charge is 2.38. The molecule has 1 atom stereocenters. The van der Waals surface area contributed by atoms with Crippen molar-refractivity contribution in [2.24, 2.45) is 22.2 Å². The lowest BCUT2D eigenvalue weighted by Crippen LogP contribution is -2.46. The van der Waals surface area contributed by atoms with Gasteiger partial charge in [0.2, 0.25) is 5.91 Å². The van der Waals surface area contributed by atoms with Crippen molar-refractivity contribution < 1.29 is 10.0 Å². The van der Waals surface area contributed by atoms with Crippen LogP contribution in [0.25, 0.3) is 0 Å². The average molecular weight is 253 g/mol. The van der Waals surface area contributed by atoms with Crippen molar-refractivity contribution >= 4 is 11.7 Å². The number of hydrogen-bond acceptors (Lipinski definition) is 3. The molecule has 0 aromatic rings. The average Bonchev–Trinajstić information content (AvgIpc) is 2.85. The molecule has 0 bridgehead atoms. The van der Waals surface area contributed by atoms with Crippen LogP contribution in [0.15, 0.2) is 5.16 Å². The van der Waals surface area contributed by atoms with Crippen LogP contribution >= 0.6 is 0 Å². The van der Waals surface area contributed by atoms with Gasteiger partial charge in [-0.25, -0.2) is 0 Å². The first kappa shape index (κ1) is 13.2. The molecule has 3 N–H and O–H groups in total. The number of carbonyl (C=O) groups excluding carboxylic acids is 1. The van der Waals surface area contributed by atoms with E-state index >= 15 is 0 Å². The number of nitrogens with zero attached hydrogens (tertiary/aromatic N) is 2. The lowest BCUT2D eigenvalue weighted by atomic mass is 9.77. The van der Waals surface area contributed by atoms with Crippen molar-refractivity contribution in [1.29, 1.82) is 0 Å². The summed E-state index contributed by atoms with van der Waals surface area (Å²) >= 11 is 0. The second-order valence-electron chi connectivity index (χ2n) is 5.78. The molecule has 18 heavy (non-hydrogen) atoms. The lowest BCUT2D eigenvalue weighted by Gasteiger charge is -2.40. The van der Waals surface area contributed by atoms with E-state index in [1.165, 1.54) is 25.7 Å². The second-order valence-corrected chi connectivity index (χ2v) is 5.78. The van der Waals surface area contributed by atoms with Crippen LogP contribution in [0.5, 0.6) is 0 Å². The molecule has 0 aromatic carbocycles. The molecule has 102 valence electrons. The van der Waals surface area contributed by atoms with Crippen molar-refractivity contribution in [3.63, 3.8) is 0 Å². The van der Waals surface area contributed by atoms with Gasteiger partial charge < -0.3 is 15.8 Å². The summed E-state index contributed by atoms with van der Waals surface area (Å²) in [4.78, 5) is 14.0. The predicted molar refractivity (Wildman–Crippen MR) is 69.3 cm³/mol. The fourth-order valence-corrected chi connectivity index (χ4v) is 3.31. The molecule has 2 fully saturated rings. The van der Waals surface area contributed by atoms with Gasteiger partial charge in [0.25, 0.3) is 0 Å². The SMILES string of the molecule is CC(C(=O)N1CCC2(CCCC2)CC1)C(N)=NO. The van der Waals surface area contributed by atoms with Gasteiger partial charge in [0.1, 0.15) is 0 Å². The van der Waals surface area contributed by atoms with Crippen LogP contribution in [0.1, 0.15) is 45.4 Å². The quantitative estimate of drug-likeness (QED) is 0.339. The largest absolute Gasteiger partial charge is 0.409 e. The predicted octanol–water partition coefficient (Wildman–Crippen LogP) is 1.55. The van der Waals surface area contributed by atoms with E-state index in [1.807, 2.05) is 4.90 Å². The second kappa shape index (κ2) is 5.16. The molecule has 1 aliphatic heterocycles. The Balaban J connectivity index is 1.91. The standard InChI is InChI=1S/C13H23N3O2/c1-10(11(14)15-18)12(17)16-8-6-13(7-9-16)4-2-3-5-13/h10,18H,2-9H2,1H3,(H2,14,15). The Hall–Kier alpha value is -1.26. The van der Waals surface area contributed by atoms with E-state index < -0.39 is 5.92 Å². The summed E-state index contributed by atoms with van der Waals surface area (Å²) < 4.78 is 0. The monoisotopic (exact) mass is 253 g/mol. The van der Waals surface area contributed by atoms with Crippen LogP contribution in [0.4, 0.5) is 0 Å². The van der Waals surface area contributed by atoms with Gasteiger partial charge in [-0.1, -0.05) is 18.0 Å². The van der Waals surface area contributed by atoms with Crippen LogP contribution in [0.3, 0.4) is 0 Å². The smallest absolute Gasteiger partial charge is 0.233 e. The van der Waals surface area contributed by atoms with Gasteiger partial charge in [-0.3, -0.25) is 4.79 Å². The third-order valence-corrected chi connectivity index (χ3v) is 4.73. The third kappa shape index (κ3) is 2.44.